The molecule has 0 fully saturated rings. The molecule has 0 aromatic heterocycles. The van der Waals surface area contributed by atoms with Gasteiger partial charge in [0.25, 0.3) is 15.9 Å². The Bertz CT molecular complexity index is 3560. The van der Waals surface area contributed by atoms with E-state index >= 15 is 0 Å². The molecular weight excluding hydrogens is 1400 g/mol. The minimum atomic E-state index is -4.23. The number of allylic oxidation sites excluding steroid dienone is 4. The molecule has 536 valence electrons. The first-order chi connectivity index (χ1) is 47.0. The number of ketones is 10. The van der Waals surface area contributed by atoms with E-state index in [1.54, 1.807) is 0 Å². The second-order valence-electron chi connectivity index (χ2n) is 19.5. The van der Waals surface area contributed by atoms with Gasteiger partial charge in [-0.25, -0.2) is 51.6 Å². The third-order valence-electron chi connectivity index (χ3n) is 11.1. The summed E-state index contributed by atoms with van der Waals surface area (Å²) in [6.45, 7) is 8.81. The van der Waals surface area contributed by atoms with Crippen LogP contribution in [0.2, 0.25) is 0 Å². The number of carbonyl (C=O) groups excluding carboxylic acids is 24. The molecule has 9 rings (SSSR count). The molecule has 2 N–H and O–H groups in total. The van der Waals surface area contributed by atoms with Crippen molar-refractivity contribution < 1.29 is 166 Å². The van der Waals surface area contributed by atoms with Crippen molar-refractivity contribution in [1.82, 2.24) is 14.9 Å². The summed E-state index contributed by atoms with van der Waals surface area (Å²) >= 11 is 1.04. The molecular formula is C61H55N3O35S2. The minimum absolute atomic E-state index is 0.0139. The van der Waals surface area contributed by atoms with Gasteiger partial charge in [0.2, 0.25) is 63.2 Å². The summed E-state index contributed by atoms with van der Waals surface area (Å²) in [5, 5.41) is 4.64. The van der Waals surface area contributed by atoms with Crippen molar-refractivity contribution >= 4 is 162 Å². The number of carbonyl (C=O) groups is 24. The van der Waals surface area contributed by atoms with Crippen LogP contribution in [0.1, 0.15) is 91.4 Å². The first kappa shape index (κ1) is 84.5. The lowest BCUT2D eigenvalue weighted by molar-refractivity contribution is -0.150. The number of thioether (sulfide) groups is 1. The maximum Gasteiger partial charge on any atom is 0.379 e. The van der Waals surface area contributed by atoms with Crippen LogP contribution < -0.4 is 10.6 Å². The average Bonchev–Trinajstić information content (AvgIpc) is 1.59. The highest BCUT2D eigenvalue weighted by atomic mass is 32.2. The van der Waals surface area contributed by atoms with Crippen LogP contribution in [0.4, 0.5) is 0 Å². The fraction of sp³-hybridized carbons (Fsp3) is 0.279. The van der Waals surface area contributed by atoms with Crippen molar-refractivity contribution in [2.45, 2.75) is 86.0 Å². The van der Waals surface area contributed by atoms with Crippen molar-refractivity contribution in [3.05, 3.63) is 113 Å². The molecule has 0 unspecified atom stereocenters. The molecule has 0 radical (unpaired) electrons. The highest BCUT2D eigenvalue weighted by Crippen LogP contribution is 2.30. The van der Waals surface area contributed by atoms with Gasteiger partial charge in [-0.15, -0.1) is 0 Å². The van der Waals surface area contributed by atoms with Gasteiger partial charge in [-0.2, -0.15) is 4.31 Å². The molecule has 0 atom stereocenters. The smallest absolute Gasteiger partial charge is 0.379 e. The predicted molar refractivity (Wildman–Crippen MR) is 323 cm³/mol. The van der Waals surface area contributed by atoms with Gasteiger partial charge in [0.1, 0.15) is 46.9 Å². The van der Waals surface area contributed by atoms with E-state index in [2.05, 4.69) is 53.3 Å². The number of hydrogen-bond donors (Lipinski definition) is 2. The Balaban J connectivity index is 0.000000394. The largest absolute Gasteiger partial charge is 0.454 e. The summed E-state index contributed by atoms with van der Waals surface area (Å²) in [4.78, 5) is 255. The van der Waals surface area contributed by atoms with Gasteiger partial charge >= 0.3 is 59.6 Å². The Morgan fingerprint density at radius 1 is 0.396 bits per heavy atom. The Morgan fingerprint density at radius 2 is 0.723 bits per heavy atom. The molecule has 0 bridgehead atoms. The van der Waals surface area contributed by atoms with Crippen LogP contribution in [0.25, 0.3) is 0 Å². The monoisotopic (exact) mass is 1450 g/mol. The fourth-order valence-corrected chi connectivity index (χ4v) is 8.58. The maximum absolute atomic E-state index is 11.9. The first-order valence-corrected chi connectivity index (χ1v) is 30.3. The molecule has 6 heterocycles. The minimum Gasteiger partial charge on any atom is -0.454 e. The number of sulfonamides is 1. The number of esters is 9. The molecule has 1 aromatic rings. The van der Waals surface area contributed by atoms with E-state index in [-0.39, 0.29) is 98.4 Å². The first-order valence-electron chi connectivity index (χ1n) is 27.9. The normalized spacial score (nSPS) is 15.6. The van der Waals surface area contributed by atoms with E-state index in [9.17, 15) is 123 Å². The lowest BCUT2D eigenvalue weighted by Crippen LogP contribution is -2.39. The van der Waals surface area contributed by atoms with E-state index in [0.717, 1.165) is 91.5 Å². The van der Waals surface area contributed by atoms with Crippen LogP contribution in [0.3, 0.4) is 0 Å². The van der Waals surface area contributed by atoms with Crippen molar-refractivity contribution in [1.29, 1.82) is 0 Å². The molecule has 8 aliphatic rings. The number of hydrogen-bond acceptors (Lipinski definition) is 36. The van der Waals surface area contributed by atoms with Crippen molar-refractivity contribution in [3.63, 3.8) is 0 Å². The van der Waals surface area contributed by atoms with Crippen LogP contribution in [0.15, 0.2) is 112 Å². The third-order valence-corrected chi connectivity index (χ3v) is 13.7. The molecule has 2 aliphatic carbocycles. The standard InChI is InChI=1S/C10H7NO5S.2C8H8O4.2C7H7NO4.2C7H6O5.C7H6O4S/c1-6(12)9(13)11-10(14)7-4-2-3-5-8(7)17(11,15)16;2*1-5(9)8(11)12-7-3-2-6(10)4-7;2*1-4(9)7(11)12-5-2-6(10)8-3-5;2*1-4(8)7(10)12-5-2-6(9)11-3-5;1-4(8)7(10)11-5-2-6(9)12-3-5/h2-5H,1H3;2*4H,2-3H2,1H3;2*2H,3H2,1H3,(H,8,10);3*2H,3H2,1H3. The average molecular weight is 1450 g/mol. The van der Waals surface area contributed by atoms with E-state index in [4.69, 9.17) is 0 Å². The molecule has 1 aromatic carbocycles. The Morgan fingerprint density at radius 3 is 0.980 bits per heavy atom. The summed E-state index contributed by atoms with van der Waals surface area (Å²) in [6.07, 6.45) is 9.60. The number of amides is 4. The molecule has 0 saturated carbocycles. The Hall–Kier alpha value is -12.6. The molecule has 101 heavy (non-hydrogen) atoms. The number of cyclic esters (lactones) is 2. The van der Waals surface area contributed by atoms with E-state index in [0.29, 0.717) is 43.0 Å². The number of ether oxygens (including phenoxy) is 9. The highest BCUT2D eigenvalue weighted by molar-refractivity contribution is 8.14. The van der Waals surface area contributed by atoms with Gasteiger partial charge in [-0.3, -0.25) is 71.9 Å². The molecule has 4 amide bonds. The van der Waals surface area contributed by atoms with Crippen molar-refractivity contribution in [2.75, 3.05) is 32.1 Å². The Labute approximate surface area is 571 Å². The third kappa shape index (κ3) is 30.1. The van der Waals surface area contributed by atoms with Crippen molar-refractivity contribution in [3.8, 4) is 0 Å². The van der Waals surface area contributed by atoms with Gasteiger partial charge in [-0.05, 0) is 12.1 Å². The number of benzene rings is 1. The summed E-state index contributed by atoms with van der Waals surface area (Å²) < 4.78 is 64.4. The second-order valence-corrected chi connectivity index (χ2v) is 22.3. The van der Waals surface area contributed by atoms with Gasteiger partial charge in [0.05, 0.1) is 36.6 Å². The lowest BCUT2D eigenvalue weighted by atomic mass is 10.2. The quantitative estimate of drug-likeness (QED) is 0.113. The van der Waals surface area contributed by atoms with Gasteiger partial charge in [0.15, 0.2) is 23.1 Å². The van der Waals surface area contributed by atoms with Gasteiger partial charge in [-0.1, -0.05) is 23.9 Å². The lowest BCUT2D eigenvalue weighted by Gasteiger charge is -2.10. The molecule has 38 nitrogen and oxygen atoms in total. The number of rotatable bonds is 15. The maximum atomic E-state index is 11.9. The topological polar surface area (TPSA) is 554 Å². The van der Waals surface area contributed by atoms with E-state index in [1.165, 1.54) is 42.5 Å². The number of nitrogens with one attached hydrogen (secondary N) is 2. The zero-order valence-electron chi connectivity index (χ0n) is 53.8. The fourth-order valence-electron chi connectivity index (χ4n) is 6.39. The summed E-state index contributed by atoms with van der Waals surface area (Å²) in [5.41, 5.74) is -0.0953. The van der Waals surface area contributed by atoms with Crippen LogP contribution in [-0.4, -0.2) is 185 Å². The van der Waals surface area contributed by atoms with E-state index < -0.39 is 122 Å². The summed E-state index contributed by atoms with van der Waals surface area (Å²) in [7, 11) is -4.23. The number of Topliss-reactive ketones (excluding diaryl/α,β-unsaturated/α-hetero) is 8. The van der Waals surface area contributed by atoms with Crippen LogP contribution in [0, 0.1) is 0 Å². The molecule has 0 saturated heterocycles. The predicted octanol–water partition coefficient (Wildman–Crippen LogP) is -1.66. The van der Waals surface area contributed by atoms with E-state index in [1.807, 2.05) is 0 Å². The van der Waals surface area contributed by atoms with Gasteiger partial charge in [0, 0.05) is 111 Å². The summed E-state index contributed by atoms with van der Waals surface area (Å²) in [6, 6.07) is 5.43. The molecule has 40 heteroatoms. The number of nitrogens with zero attached hydrogens (tertiary/aromatic N) is 1. The van der Waals surface area contributed by atoms with Crippen LogP contribution in [-0.2, 0) is 163 Å². The Kier molecular flexibility index (Phi) is 33.6. The van der Waals surface area contributed by atoms with Crippen LogP contribution >= 0.6 is 11.8 Å². The SMILES string of the molecule is CC(=O)C(=O)N1C(=O)c2ccccc2S1(=O)=O.CC(=O)C(=O)OC1=CC(=O)CC1.CC(=O)C(=O)OC1=CC(=O)CC1.CC(=O)C(=O)OC1=CC(=O)NC1.CC(=O)C(=O)OC1=CC(=O)NC1.CC(=O)C(=O)OC1=CC(=O)OC1.CC(=O)C(=O)OC1=CC(=O)OC1.CC(=O)C(=O)OC1=CC(=O)SC1. The number of imide groups is 1. The molecule has 6 aliphatic heterocycles. The van der Waals surface area contributed by atoms with Crippen LogP contribution in [0.5, 0.6) is 0 Å². The highest BCUT2D eigenvalue weighted by Gasteiger charge is 2.46. The number of fused-ring (bicyclic) bond motifs is 1. The zero-order valence-corrected chi connectivity index (χ0v) is 55.4. The van der Waals surface area contributed by atoms with Crippen molar-refractivity contribution in [2.24, 2.45) is 0 Å². The second kappa shape index (κ2) is 40.2. The van der Waals surface area contributed by atoms with Gasteiger partial charge < -0.3 is 53.3 Å². The molecule has 0 spiro atoms. The zero-order chi connectivity index (χ0) is 76.8. The summed E-state index contributed by atoms with van der Waals surface area (Å²) in [5.74, 6) is -14.9.